The van der Waals surface area contributed by atoms with Crippen molar-refractivity contribution in [1.82, 2.24) is 20.4 Å². The summed E-state index contributed by atoms with van der Waals surface area (Å²) in [7, 11) is 1.42. The molecule has 2 heterocycles. The highest BCUT2D eigenvalue weighted by atomic mass is 79.9. The second kappa shape index (κ2) is 11.5. The van der Waals surface area contributed by atoms with Gasteiger partial charge in [-0.2, -0.15) is 16.7 Å². The third kappa shape index (κ3) is 6.49. The van der Waals surface area contributed by atoms with Gasteiger partial charge >= 0.3 is 5.97 Å². The van der Waals surface area contributed by atoms with Crippen molar-refractivity contribution in [3.05, 3.63) is 33.4 Å². The van der Waals surface area contributed by atoms with Crippen LogP contribution in [0.25, 0.3) is 0 Å². The van der Waals surface area contributed by atoms with E-state index in [2.05, 4.69) is 31.4 Å². The molecule has 0 saturated heterocycles. The van der Waals surface area contributed by atoms with Crippen LogP contribution >= 0.6 is 27.7 Å². The topological polar surface area (TPSA) is 144 Å². The second-order valence-electron chi connectivity index (χ2n) is 9.19. The van der Waals surface area contributed by atoms with Crippen LogP contribution in [0.15, 0.2) is 15.1 Å². The van der Waals surface area contributed by atoms with Crippen LogP contribution in [0.1, 0.15) is 54.4 Å². The van der Waals surface area contributed by atoms with Gasteiger partial charge in [0.25, 0.3) is 0 Å². The van der Waals surface area contributed by atoms with Gasteiger partial charge in [0.05, 0.1) is 30.2 Å². The summed E-state index contributed by atoms with van der Waals surface area (Å²) in [5.74, 6) is -0.130. The zero-order valence-electron chi connectivity index (χ0n) is 20.7. The number of cyclic esters (lactones) is 1. The first-order valence-electron chi connectivity index (χ1n) is 11.1. The number of thioether (sulfide) groups is 1. The standard InChI is InChI=1S/C23H29BrN4O7S/c1-12-25-20(35-27-12)14-11-36-10-13-15(29)8-16(33-5)19(24)18(13)21(31)34-7-6-28(9-17(30)26-14)22(32)23(2,3)4/h8,14,29H,6-7,9-11H2,1-5H3,(H,26,30)/t14-/m0/s1. The number of ether oxygens (including phenoxy) is 2. The average Bonchev–Trinajstić information content (AvgIpc) is 3.24. The molecule has 0 bridgehead atoms. The number of phenolic OH excluding ortho intramolecular Hbond substituents is 1. The molecule has 36 heavy (non-hydrogen) atoms. The third-order valence-corrected chi connectivity index (χ3v) is 7.15. The fourth-order valence-electron chi connectivity index (χ4n) is 3.53. The highest BCUT2D eigenvalue weighted by molar-refractivity contribution is 9.10. The van der Waals surface area contributed by atoms with E-state index in [1.165, 1.54) is 29.8 Å². The summed E-state index contributed by atoms with van der Waals surface area (Å²) in [4.78, 5) is 44.7. The molecule has 1 aliphatic heterocycles. The van der Waals surface area contributed by atoms with Gasteiger partial charge in [-0.25, -0.2) is 4.79 Å². The molecule has 2 amide bonds. The largest absolute Gasteiger partial charge is 0.507 e. The fraction of sp³-hybridized carbons (Fsp3) is 0.522. The fourth-order valence-corrected chi connectivity index (χ4v) is 5.29. The van der Waals surface area contributed by atoms with Crippen molar-refractivity contribution < 1.29 is 33.5 Å². The molecule has 2 N–H and O–H groups in total. The minimum atomic E-state index is -0.761. The molecule has 0 unspecified atom stereocenters. The molecule has 0 aliphatic carbocycles. The summed E-state index contributed by atoms with van der Waals surface area (Å²) in [5.41, 5.74) is -0.299. The lowest BCUT2D eigenvalue weighted by molar-refractivity contribution is -0.143. The van der Waals surface area contributed by atoms with E-state index in [1.807, 2.05) is 0 Å². The Morgan fingerprint density at radius 2 is 2.08 bits per heavy atom. The molecule has 1 aromatic carbocycles. The number of nitrogens with one attached hydrogen (secondary N) is 1. The SMILES string of the molecule is COc1cc(O)c2c(c1Br)C(=O)OCCN(C(=O)C(C)(C)C)CC(=O)N[C@H](c1nc(C)no1)CSC2. The number of aromatic nitrogens is 2. The number of benzene rings is 1. The van der Waals surface area contributed by atoms with Crippen LogP contribution in [-0.4, -0.2) is 70.5 Å². The van der Waals surface area contributed by atoms with E-state index in [-0.39, 0.29) is 60.1 Å². The number of methoxy groups -OCH3 is 1. The first-order chi connectivity index (χ1) is 16.9. The number of aryl methyl sites for hydroxylation is 1. The minimum absolute atomic E-state index is 0.00273. The third-order valence-electron chi connectivity index (χ3n) is 5.30. The number of aromatic hydroxyl groups is 1. The Labute approximate surface area is 221 Å². The molecule has 3 rings (SSSR count). The number of rotatable bonds is 2. The van der Waals surface area contributed by atoms with Crippen molar-refractivity contribution in [2.75, 3.05) is 32.6 Å². The van der Waals surface area contributed by atoms with Crippen molar-refractivity contribution in [3.63, 3.8) is 0 Å². The Kier molecular flexibility index (Phi) is 8.88. The summed E-state index contributed by atoms with van der Waals surface area (Å²) < 4.78 is 16.4. The van der Waals surface area contributed by atoms with Gasteiger partial charge in [-0.1, -0.05) is 25.9 Å². The highest BCUT2D eigenvalue weighted by Crippen LogP contribution is 2.39. The lowest BCUT2D eigenvalue weighted by Gasteiger charge is -2.29. The van der Waals surface area contributed by atoms with E-state index in [9.17, 15) is 19.5 Å². The first-order valence-corrected chi connectivity index (χ1v) is 13.1. The number of carbonyl (C=O) groups is 3. The second-order valence-corrected chi connectivity index (χ2v) is 11.0. The summed E-state index contributed by atoms with van der Waals surface area (Å²) in [5, 5.41) is 17.3. The van der Waals surface area contributed by atoms with Gasteiger partial charge in [-0.15, -0.1) is 0 Å². The number of amides is 2. The van der Waals surface area contributed by atoms with Crippen LogP contribution in [0.2, 0.25) is 0 Å². The molecule has 1 aliphatic rings. The van der Waals surface area contributed by atoms with Gasteiger partial charge in [0.2, 0.25) is 17.7 Å². The van der Waals surface area contributed by atoms with Crippen molar-refractivity contribution in [1.29, 1.82) is 0 Å². The molecule has 11 nitrogen and oxygen atoms in total. The number of halogens is 1. The molecular weight excluding hydrogens is 556 g/mol. The van der Waals surface area contributed by atoms with Crippen molar-refractivity contribution in [3.8, 4) is 11.5 Å². The Morgan fingerprint density at radius 1 is 1.36 bits per heavy atom. The zero-order chi connectivity index (χ0) is 26.6. The summed E-state index contributed by atoms with van der Waals surface area (Å²) in [6.45, 7) is 6.50. The van der Waals surface area contributed by atoms with Gasteiger partial charge in [0.15, 0.2) is 5.82 Å². The molecule has 196 valence electrons. The molecular formula is C23H29BrN4O7S. The molecule has 0 spiro atoms. The van der Waals surface area contributed by atoms with E-state index in [0.717, 1.165) is 0 Å². The number of phenols is 1. The quantitative estimate of drug-likeness (QED) is 0.505. The lowest BCUT2D eigenvalue weighted by Crippen LogP contribution is -2.47. The predicted octanol–water partition coefficient (Wildman–Crippen LogP) is 2.99. The average molecular weight is 585 g/mol. The number of esters is 1. The monoisotopic (exact) mass is 584 g/mol. The molecule has 13 heteroatoms. The van der Waals surface area contributed by atoms with E-state index >= 15 is 0 Å². The van der Waals surface area contributed by atoms with E-state index in [0.29, 0.717) is 15.9 Å². The number of nitrogens with zero attached hydrogens (tertiary/aromatic N) is 3. The normalized spacial score (nSPS) is 18.1. The van der Waals surface area contributed by atoms with Crippen molar-refractivity contribution in [2.45, 2.75) is 39.5 Å². The van der Waals surface area contributed by atoms with Crippen LogP contribution in [0.5, 0.6) is 11.5 Å². The van der Waals surface area contributed by atoms with Gasteiger partial charge in [0.1, 0.15) is 24.1 Å². The predicted molar refractivity (Wildman–Crippen MR) is 135 cm³/mol. The molecule has 0 saturated carbocycles. The number of hydrogen-bond donors (Lipinski definition) is 2. The molecule has 0 fully saturated rings. The van der Waals surface area contributed by atoms with Crippen LogP contribution < -0.4 is 10.1 Å². The van der Waals surface area contributed by atoms with Crippen molar-refractivity contribution >= 4 is 45.5 Å². The number of fused-ring (bicyclic) bond motifs is 1. The summed E-state index contributed by atoms with van der Waals surface area (Å²) >= 11 is 4.72. The first kappa shape index (κ1) is 27.8. The Bertz CT molecular complexity index is 1150. The Balaban J connectivity index is 2.00. The van der Waals surface area contributed by atoms with Gasteiger partial charge in [-0.05, 0) is 22.9 Å². The van der Waals surface area contributed by atoms with Gasteiger partial charge < -0.3 is 29.3 Å². The van der Waals surface area contributed by atoms with Gasteiger partial charge in [0, 0.05) is 28.6 Å². The minimum Gasteiger partial charge on any atom is -0.507 e. The molecule has 0 radical (unpaired) electrons. The smallest absolute Gasteiger partial charge is 0.339 e. The van der Waals surface area contributed by atoms with Gasteiger partial charge in [-0.3, -0.25) is 9.59 Å². The Hall–Kier alpha value is -2.80. The highest BCUT2D eigenvalue weighted by Gasteiger charge is 2.31. The molecule has 1 atom stereocenters. The lowest BCUT2D eigenvalue weighted by atomic mass is 9.94. The zero-order valence-corrected chi connectivity index (χ0v) is 23.1. The van der Waals surface area contributed by atoms with Crippen LogP contribution in [0.4, 0.5) is 0 Å². The maximum absolute atomic E-state index is 13.1. The summed E-state index contributed by atoms with van der Waals surface area (Å²) in [6, 6.07) is 0.752. The maximum atomic E-state index is 13.1. The maximum Gasteiger partial charge on any atom is 0.339 e. The van der Waals surface area contributed by atoms with E-state index in [4.69, 9.17) is 14.0 Å². The van der Waals surface area contributed by atoms with Crippen LogP contribution in [0, 0.1) is 12.3 Å². The van der Waals surface area contributed by atoms with E-state index in [1.54, 1.807) is 27.7 Å². The number of carbonyl (C=O) groups excluding carboxylic acids is 3. The summed E-state index contributed by atoms with van der Waals surface area (Å²) in [6.07, 6.45) is 0. The number of hydrogen-bond acceptors (Lipinski definition) is 10. The van der Waals surface area contributed by atoms with Crippen LogP contribution in [0.3, 0.4) is 0 Å². The molecule has 2 aromatic rings. The van der Waals surface area contributed by atoms with Crippen molar-refractivity contribution in [2.24, 2.45) is 5.41 Å². The Morgan fingerprint density at radius 3 is 2.69 bits per heavy atom. The molecule has 1 aromatic heterocycles. The van der Waals surface area contributed by atoms with E-state index < -0.39 is 23.3 Å². The van der Waals surface area contributed by atoms with Crippen LogP contribution in [-0.2, 0) is 20.1 Å².